The SMILES string of the molecule is C[NH2+]SC.[Cl-]. The second kappa shape index (κ2) is 8.82. The Hall–Kier alpha value is 0.600. The molecule has 0 saturated heterocycles. The largest absolute Gasteiger partial charge is 1.00 e. The van der Waals surface area contributed by atoms with Gasteiger partial charge in [-0.25, -0.2) is 0 Å². The normalized spacial score (nSPS) is 6.00. The summed E-state index contributed by atoms with van der Waals surface area (Å²) in [5, 5.41) is 0. The van der Waals surface area contributed by atoms with Gasteiger partial charge in [0.25, 0.3) is 0 Å². The fraction of sp³-hybridized carbons (Fsp3) is 1.00. The number of halogens is 1. The van der Waals surface area contributed by atoms with E-state index in [4.69, 9.17) is 0 Å². The summed E-state index contributed by atoms with van der Waals surface area (Å²) in [4.78, 5) is 0. The Labute approximate surface area is 43.1 Å². The predicted octanol–water partition coefficient (Wildman–Crippen LogP) is -3.54. The summed E-state index contributed by atoms with van der Waals surface area (Å²) in [6.07, 6.45) is 2.04. The van der Waals surface area contributed by atoms with Gasteiger partial charge in [0.05, 0.1) is 19.0 Å². The number of nitrogens with two attached hydrogens (primary N) is 1. The molecule has 0 aromatic heterocycles. The fourth-order valence-electron chi connectivity index (χ4n) is 0. The van der Waals surface area contributed by atoms with Crippen LogP contribution in [-0.4, -0.2) is 13.3 Å². The Kier molecular flexibility index (Phi) is 16.1. The molecule has 0 spiro atoms. The summed E-state index contributed by atoms with van der Waals surface area (Å²) in [7, 11) is 2.02. The van der Waals surface area contributed by atoms with Gasteiger partial charge in [-0.3, -0.25) is 4.72 Å². The predicted molar refractivity (Wildman–Crippen MR) is 21.4 cm³/mol. The molecule has 2 N–H and O–H groups in total. The van der Waals surface area contributed by atoms with Crippen molar-refractivity contribution in [2.24, 2.45) is 0 Å². The van der Waals surface area contributed by atoms with Crippen LogP contribution < -0.4 is 17.1 Å². The Bertz CT molecular complexity index is 11.6. The third kappa shape index (κ3) is 12.1. The Morgan fingerprint density at radius 2 is 1.80 bits per heavy atom. The van der Waals surface area contributed by atoms with Crippen LogP contribution in [-0.2, 0) is 0 Å². The van der Waals surface area contributed by atoms with Crippen LogP contribution in [0.3, 0.4) is 0 Å². The van der Waals surface area contributed by atoms with E-state index in [1.807, 2.05) is 18.0 Å². The van der Waals surface area contributed by atoms with E-state index in [0.29, 0.717) is 0 Å². The third-order valence-corrected chi connectivity index (χ3v) is 0.707. The Balaban J connectivity index is 0. The highest BCUT2D eigenvalue weighted by Crippen LogP contribution is 1.56. The molecule has 0 aromatic carbocycles. The molecule has 0 aromatic rings. The summed E-state index contributed by atoms with van der Waals surface area (Å²) in [5.74, 6) is 0. The minimum atomic E-state index is 0. The van der Waals surface area contributed by atoms with Crippen LogP contribution >= 0.6 is 11.9 Å². The number of quaternary nitrogens is 1. The molecule has 0 atom stereocenters. The molecule has 0 aliphatic heterocycles. The number of rotatable bonds is 1. The van der Waals surface area contributed by atoms with Gasteiger partial charge in [-0.1, -0.05) is 0 Å². The topological polar surface area (TPSA) is 16.6 Å². The van der Waals surface area contributed by atoms with Crippen molar-refractivity contribution in [2.45, 2.75) is 0 Å². The summed E-state index contributed by atoms with van der Waals surface area (Å²) in [6.45, 7) is 0. The van der Waals surface area contributed by atoms with Gasteiger partial charge in [0.15, 0.2) is 0 Å². The summed E-state index contributed by atoms with van der Waals surface area (Å²) in [5.41, 5.74) is 0. The fourth-order valence-corrected chi connectivity index (χ4v) is 0. The molecular formula is C2H8ClNS. The van der Waals surface area contributed by atoms with Crippen molar-refractivity contribution >= 4 is 11.9 Å². The zero-order valence-electron chi connectivity index (χ0n) is 3.36. The second-order valence-electron chi connectivity index (χ2n) is 0.471. The standard InChI is InChI=1S/C2H7NS.ClH/c1-3-4-2;/h3H,1-2H3;1H. The van der Waals surface area contributed by atoms with Gasteiger partial charge in [-0.15, -0.1) is 0 Å². The van der Waals surface area contributed by atoms with E-state index in [1.54, 1.807) is 11.9 Å². The molecule has 0 radical (unpaired) electrons. The minimum absolute atomic E-state index is 0. The zero-order valence-corrected chi connectivity index (χ0v) is 4.94. The maximum Gasteiger partial charge on any atom is 0.0755 e. The summed E-state index contributed by atoms with van der Waals surface area (Å²) in [6, 6.07) is 0. The molecule has 5 heavy (non-hydrogen) atoms. The Morgan fingerprint density at radius 3 is 1.80 bits per heavy atom. The van der Waals surface area contributed by atoms with Crippen LogP contribution in [0.15, 0.2) is 0 Å². The van der Waals surface area contributed by atoms with Crippen LogP contribution in [0.25, 0.3) is 0 Å². The van der Waals surface area contributed by atoms with Crippen LogP contribution in [0, 0.1) is 0 Å². The van der Waals surface area contributed by atoms with E-state index in [9.17, 15) is 0 Å². The van der Waals surface area contributed by atoms with Gasteiger partial charge in [0, 0.05) is 6.26 Å². The lowest BCUT2D eigenvalue weighted by Crippen LogP contribution is -3.00. The highest BCUT2D eigenvalue weighted by atomic mass is 35.5. The summed E-state index contributed by atoms with van der Waals surface area (Å²) >= 11 is 1.73. The van der Waals surface area contributed by atoms with Gasteiger partial charge in [-0.2, -0.15) is 0 Å². The lowest BCUT2D eigenvalue weighted by atomic mass is 11.6. The van der Waals surface area contributed by atoms with Crippen molar-refractivity contribution in [3.63, 3.8) is 0 Å². The third-order valence-electron chi connectivity index (χ3n) is 0.236. The maximum atomic E-state index is 2.04. The van der Waals surface area contributed by atoms with Crippen molar-refractivity contribution in [3.8, 4) is 0 Å². The first kappa shape index (κ1) is 9.14. The maximum absolute atomic E-state index is 2.04. The molecule has 0 amide bonds. The molecule has 0 fully saturated rings. The van der Waals surface area contributed by atoms with Crippen molar-refractivity contribution in [1.82, 2.24) is 0 Å². The highest BCUT2D eigenvalue weighted by Gasteiger charge is 1.57. The van der Waals surface area contributed by atoms with E-state index in [-0.39, 0.29) is 12.4 Å². The van der Waals surface area contributed by atoms with Crippen LogP contribution in [0.5, 0.6) is 0 Å². The lowest BCUT2D eigenvalue weighted by Gasteiger charge is -1.69. The molecule has 34 valence electrons. The Morgan fingerprint density at radius 1 is 1.60 bits per heavy atom. The van der Waals surface area contributed by atoms with E-state index in [0.717, 1.165) is 0 Å². The van der Waals surface area contributed by atoms with Crippen molar-refractivity contribution < 1.29 is 17.1 Å². The molecule has 1 nitrogen and oxygen atoms in total. The van der Waals surface area contributed by atoms with Crippen LogP contribution in [0.2, 0.25) is 0 Å². The molecule has 0 saturated carbocycles. The van der Waals surface area contributed by atoms with E-state index in [1.165, 1.54) is 0 Å². The quantitative estimate of drug-likeness (QED) is 0.349. The van der Waals surface area contributed by atoms with E-state index in [2.05, 4.69) is 0 Å². The van der Waals surface area contributed by atoms with Gasteiger partial charge in [0.1, 0.15) is 0 Å². The first-order valence-electron chi connectivity index (χ1n) is 1.22. The van der Waals surface area contributed by atoms with Gasteiger partial charge in [-0.05, 0) is 0 Å². The van der Waals surface area contributed by atoms with Crippen molar-refractivity contribution in [2.75, 3.05) is 13.3 Å². The van der Waals surface area contributed by atoms with Gasteiger partial charge < -0.3 is 12.4 Å². The smallest absolute Gasteiger partial charge is 0.0755 e. The molecule has 0 aliphatic carbocycles. The minimum Gasteiger partial charge on any atom is -1.00 e. The number of hydrogen-bond donors (Lipinski definition) is 1. The van der Waals surface area contributed by atoms with Crippen molar-refractivity contribution in [1.29, 1.82) is 0 Å². The zero-order chi connectivity index (χ0) is 3.41. The first-order chi connectivity index (χ1) is 1.91. The average Bonchev–Trinajstić information content (AvgIpc) is 1.37. The first-order valence-corrected chi connectivity index (χ1v) is 2.51. The molecule has 0 heterocycles. The molecule has 0 rings (SSSR count). The second-order valence-corrected chi connectivity index (χ2v) is 1.41. The monoisotopic (exact) mass is 113 g/mol. The summed E-state index contributed by atoms with van der Waals surface area (Å²) < 4.78 is 2.04. The van der Waals surface area contributed by atoms with Crippen LogP contribution in [0.4, 0.5) is 0 Å². The molecule has 0 aliphatic rings. The molecule has 0 bridgehead atoms. The number of hydrogen-bond acceptors (Lipinski definition) is 1. The molecule has 3 heteroatoms. The van der Waals surface area contributed by atoms with Crippen molar-refractivity contribution in [3.05, 3.63) is 0 Å². The van der Waals surface area contributed by atoms with Gasteiger partial charge in [0.2, 0.25) is 0 Å². The van der Waals surface area contributed by atoms with E-state index >= 15 is 0 Å². The van der Waals surface area contributed by atoms with Crippen LogP contribution in [0.1, 0.15) is 0 Å². The van der Waals surface area contributed by atoms with E-state index < -0.39 is 0 Å². The highest BCUT2D eigenvalue weighted by molar-refractivity contribution is 7.91. The van der Waals surface area contributed by atoms with Gasteiger partial charge >= 0.3 is 0 Å². The molecule has 0 unspecified atom stereocenters. The molecular weight excluding hydrogens is 106 g/mol. The average molecular weight is 114 g/mol. The lowest BCUT2D eigenvalue weighted by molar-refractivity contribution is -0.442.